The maximum Gasteiger partial charge on any atom is 0.108 e. The van der Waals surface area contributed by atoms with Crippen LogP contribution < -0.4 is 5.32 Å². The molecule has 88 valence electrons. The molecule has 2 aliphatic heterocycles. The van der Waals surface area contributed by atoms with E-state index < -0.39 is 0 Å². The van der Waals surface area contributed by atoms with E-state index in [1.165, 1.54) is 25.9 Å². The summed E-state index contributed by atoms with van der Waals surface area (Å²) in [5, 5.41) is 3.51. The molecule has 2 heterocycles. The summed E-state index contributed by atoms with van der Waals surface area (Å²) < 4.78 is 5.86. The Balaban J connectivity index is 1.73. The first kappa shape index (κ1) is 11.4. The zero-order valence-electron chi connectivity index (χ0n) is 10.3. The summed E-state index contributed by atoms with van der Waals surface area (Å²) >= 11 is 0. The Bertz CT molecular complexity index is 208. The van der Waals surface area contributed by atoms with Crippen molar-refractivity contribution in [3.63, 3.8) is 0 Å². The number of hydrogen-bond acceptors (Lipinski definition) is 3. The van der Waals surface area contributed by atoms with Crippen LogP contribution in [0.1, 0.15) is 26.7 Å². The topological polar surface area (TPSA) is 24.5 Å². The van der Waals surface area contributed by atoms with Crippen molar-refractivity contribution in [2.75, 3.05) is 33.3 Å². The molecule has 2 atom stereocenters. The van der Waals surface area contributed by atoms with Gasteiger partial charge in [0.2, 0.25) is 0 Å². The Hall–Kier alpha value is -0.120. The molecule has 0 spiro atoms. The van der Waals surface area contributed by atoms with Gasteiger partial charge in [-0.3, -0.25) is 5.32 Å². The molecule has 2 rings (SSSR count). The van der Waals surface area contributed by atoms with Gasteiger partial charge in [0.15, 0.2) is 0 Å². The molecule has 0 bridgehead atoms. The summed E-state index contributed by atoms with van der Waals surface area (Å²) in [4.78, 5) is 2.41. The highest BCUT2D eigenvalue weighted by atomic mass is 16.5. The number of hydrogen-bond donors (Lipinski definition) is 1. The van der Waals surface area contributed by atoms with E-state index in [0.29, 0.717) is 11.6 Å². The molecule has 0 amide bonds. The van der Waals surface area contributed by atoms with Crippen LogP contribution in [0.2, 0.25) is 0 Å². The van der Waals surface area contributed by atoms with Gasteiger partial charge in [0.25, 0.3) is 0 Å². The minimum absolute atomic E-state index is 0.300. The van der Waals surface area contributed by atoms with E-state index in [1.54, 1.807) is 0 Å². The summed E-state index contributed by atoms with van der Waals surface area (Å²) in [5.74, 6) is 0.828. The lowest BCUT2D eigenvalue weighted by Gasteiger charge is -2.36. The van der Waals surface area contributed by atoms with E-state index in [2.05, 4.69) is 31.1 Å². The van der Waals surface area contributed by atoms with Crippen molar-refractivity contribution in [1.82, 2.24) is 10.2 Å². The zero-order chi connectivity index (χ0) is 10.9. The zero-order valence-corrected chi connectivity index (χ0v) is 10.3. The number of ether oxygens (including phenoxy) is 1. The first-order valence-electron chi connectivity index (χ1n) is 6.09. The highest BCUT2D eigenvalue weighted by Gasteiger charge is 2.30. The molecular weight excluding hydrogens is 188 g/mol. The fourth-order valence-electron chi connectivity index (χ4n) is 2.50. The van der Waals surface area contributed by atoms with E-state index >= 15 is 0 Å². The van der Waals surface area contributed by atoms with Crippen molar-refractivity contribution in [3.05, 3.63) is 0 Å². The summed E-state index contributed by atoms with van der Waals surface area (Å²) in [7, 11) is 2.21. The summed E-state index contributed by atoms with van der Waals surface area (Å²) in [6.45, 7) is 8.97. The van der Waals surface area contributed by atoms with Crippen LogP contribution in [-0.4, -0.2) is 44.4 Å². The normalized spacial score (nSPS) is 37.0. The molecule has 2 saturated heterocycles. The van der Waals surface area contributed by atoms with Gasteiger partial charge < -0.3 is 9.64 Å². The van der Waals surface area contributed by atoms with Crippen LogP contribution in [-0.2, 0) is 4.74 Å². The highest BCUT2D eigenvalue weighted by molar-refractivity contribution is 4.81. The quantitative estimate of drug-likeness (QED) is 0.747. The summed E-state index contributed by atoms with van der Waals surface area (Å²) in [6.07, 6.45) is 2.82. The van der Waals surface area contributed by atoms with E-state index in [1.807, 2.05) is 0 Å². The van der Waals surface area contributed by atoms with Gasteiger partial charge in [-0.2, -0.15) is 0 Å². The van der Waals surface area contributed by atoms with Gasteiger partial charge in [0, 0.05) is 18.5 Å². The van der Waals surface area contributed by atoms with Crippen molar-refractivity contribution in [3.8, 4) is 0 Å². The minimum Gasteiger partial charge on any atom is -0.363 e. The van der Waals surface area contributed by atoms with Crippen LogP contribution in [0.4, 0.5) is 0 Å². The van der Waals surface area contributed by atoms with Crippen LogP contribution in [0, 0.1) is 11.3 Å². The van der Waals surface area contributed by atoms with Gasteiger partial charge in [0.1, 0.15) is 6.23 Å². The molecule has 3 heteroatoms. The van der Waals surface area contributed by atoms with Crippen LogP contribution in [0.15, 0.2) is 0 Å². The van der Waals surface area contributed by atoms with Crippen LogP contribution >= 0.6 is 0 Å². The van der Waals surface area contributed by atoms with E-state index in [0.717, 1.165) is 19.1 Å². The van der Waals surface area contributed by atoms with Crippen molar-refractivity contribution < 1.29 is 4.74 Å². The van der Waals surface area contributed by atoms with E-state index in [9.17, 15) is 0 Å². The van der Waals surface area contributed by atoms with Crippen molar-refractivity contribution in [1.29, 1.82) is 0 Å². The molecule has 0 aromatic rings. The molecule has 2 fully saturated rings. The molecule has 0 aromatic heterocycles. The first-order chi connectivity index (χ1) is 7.05. The third-order valence-corrected chi connectivity index (χ3v) is 3.52. The summed E-state index contributed by atoms with van der Waals surface area (Å²) in [5.41, 5.74) is 0.308. The van der Waals surface area contributed by atoms with Crippen molar-refractivity contribution in [2.24, 2.45) is 11.3 Å². The molecule has 0 radical (unpaired) electrons. The van der Waals surface area contributed by atoms with Gasteiger partial charge >= 0.3 is 0 Å². The molecule has 2 aliphatic rings. The number of likely N-dealkylation sites (tertiary alicyclic amines) is 1. The molecule has 3 nitrogen and oxygen atoms in total. The van der Waals surface area contributed by atoms with Gasteiger partial charge in [-0.05, 0) is 32.4 Å². The smallest absolute Gasteiger partial charge is 0.108 e. The molecule has 0 aromatic carbocycles. The number of rotatable bonds is 2. The van der Waals surface area contributed by atoms with Crippen LogP contribution in [0.3, 0.4) is 0 Å². The Morgan fingerprint density at radius 3 is 2.80 bits per heavy atom. The molecule has 1 N–H and O–H groups in total. The van der Waals surface area contributed by atoms with Gasteiger partial charge in [-0.1, -0.05) is 13.8 Å². The standard InChI is InChI=1S/C12H24N2O/c1-12(2)8-13-11(15-9-12)6-10-4-5-14(3)7-10/h10-11,13H,4-9H2,1-3H3. The van der Waals surface area contributed by atoms with E-state index in [-0.39, 0.29) is 0 Å². The SMILES string of the molecule is CN1CCC(CC2NCC(C)(C)CO2)C1. The maximum absolute atomic E-state index is 5.86. The number of nitrogens with zero attached hydrogens (tertiary/aromatic N) is 1. The van der Waals surface area contributed by atoms with Gasteiger partial charge in [-0.15, -0.1) is 0 Å². The van der Waals surface area contributed by atoms with Crippen molar-refractivity contribution in [2.45, 2.75) is 32.9 Å². The Labute approximate surface area is 93.2 Å². The largest absolute Gasteiger partial charge is 0.363 e. The minimum atomic E-state index is 0.300. The lowest BCUT2D eigenvalue weighted by atomic mass is 9.92. The predicted octanol–water partition coefficient (Wildman–Crippen LogP) is 1.30. The fourth-order valence-corrected chi connectivity index (χ4v) is 2.50. The van der Waals surface area contributed by atoms with Crippen molar-refractivity contribution >= 4 is 0 Å². The molecular formula is C12H24N2O. The monoisotopic (exact) mass is 212 g/mol. The Morgan fingerprint density at radius 2 is 2.27 bits per heavy atom. The molecule has 0 aliphatic carbocycles. The first-order valence-corrected chi connectivity index (χ1v) is 6.09. The van der Waals surface area contributed by atoms with Gasteiger partial charge in [-0.25, -0.2) is 0 Å². The lowest BCUT2D eigenvalue weighted by molar-refractivity contribution is -0.0666. The van der Waals surface area contributed by atoms with Crippen LogP contribution in [0.5, 0.6) is 0 Å². The maximum atomic E-state index is 5.86. The second kappa shape index (κ2) is 4.40. The summed E-state index contributed by atoms with van der Waals surface area (Å²) in [6, 6.07) is 0. The molecule has 2 unspecified atom stereocenters. The van der Waals surface area contributed by atoms with Gasteiger partial charge in [0.05, 0.1) is 6.61 Å². The Kier molecular flexibility index (Phi) is 3.33. The average molecular weight is 212 g/mol. The third kappa shape index (κ3) is 3.16. The average Bonchev–Trinajstić information content (AvgIpc) is 2.55. The molecule has 0 saturated carbocycles. The second-order valence-corrected chi connectivity index (χ2v) is 6.00. The van der Waals surface area contributed by atoms with E-state index in [4.69, 9.17) is 4.74 Å². The molecule has 15 heavy (non-hydrogen) atoms. The Morgan fingerprint density at radius 1 is 1.47 bits per heavy atom. The predicted molar refractivity (Wildman–Crippen MR) is 61.7 cm³/mol. The third-order valence-electron chi connectivity index (χ3n) is 3.52. The lowest BCUT2D eigenvalue weighted by Crippen LogP contribution is -2.48. The second-order valence-electron chi connectivity index (χ2n) is 6.00. The fraction of sp³-hybridized carbons (Fsp3) is 1.00. The number of nitrogens with one attached hydrogen (secondary N) is 1. The highest BCUT2D eigenvalue weighted by Crippen LogP contribution is 2.25. The van der Waals surface area contributed by atoms with Crippen LogP contribution in [0.25, 0.3) is 0 Å².